The van der Waals surface area contributed by atoms with E-state index in [9.17, 15) is 9.59 Å². The van der Waals surface area contributed by atoms with Crippen LogP contribution in [0, 0.1) is 0 Å². The summed E-state index contributed by atoms with van der Waals surface area (Å²) in [5.41, 5.74) is 1.89. The second-order valence-electron chi connectivity index (χ2n) is 8.23. The molecule has 7 heteroatoms. The Morgan fingerprint density at radius 3 is 2.29 bits per heavy atom. The number of carbonyl (C=O) groups is 2. The summed E-state index contributed by atoms with van der Waals surface area (Å²) in [4.78, 5) is 30.4. The van der Waals surface area contributed by atoms with E-state index in [1.165, 1.54) is 10.5 Å². The Balaban J connectivity index is 1.25. The smallest absolute Gasteiger partial charge is 0.253 e. The molecule has 0 radical (unpaired) electrons. The molecule has 1 unspecified atom stereocenters. The fourth-order valence-corrected chi connectivity index (χ4v) is 4.63. The van der Waals surface area contributed by atoms with Crippen molar-refractivity contribution in [2.24, 2.45) is 0 Å². The van der Waals surface area contributed by atoms with Crippen LogP contribution in [0.5, 0.6) is 0 Å². The minimum Gasteiger partial charge on any atom is -0.352 e. The summed E-state index contributed by atoms with van der Waals surface area (Å²) in [5, 5.41) is 3.81. The second kappa shape index (κ2) is 10.1. The summed E-state index contributed by atoms with van der Waals surface area (Å²) in [6.07, 6.45) is 2.19. The van der Waals surface area contributed by atoms with Crippen LogP contribution in [0.3, 0.4) is 0 Å². The van der Waals surface area contributed by atoms with E-state index in [0.717, 1.165) is 36.7 Å². The molecule has 2 aromatic carbocycles. The van der Waals surface area contributed by atoms with Crippen LogP contribution in [0.2, 0.25) is 5.02 Å². The maximum absolute atomic E-state index is 12.9. The number of carbonyl (C=O) groups excluding carboxylic acids is 2. The molecule has 1 atom stereocenters. The number of amides is 2. The number of thioether (sulfide) groups is 1. The zero-order chi connectivity index (χ0) is 21.8. The Hall–Kier alpha value is -2.02. The maximum Gasteiger partial charge on any atom is 0.253 e. The molecule has 2 amide bonds. The first-order valence-electron chi connectivity index (χ1n) is 10.8. The molecule has 1 aliphatic heterocycles. The number of benzene rings is 2. The van der Waals surface area contributed by atoms with Crippen LogP contribution >= 0.6 is 23.4 Å². The standard InChI is InChI=1S/C24H28ClN3O2S/c1-17(23(29)26-21-8-9-21)27-12-14-28(15-13-27)24(30)19-4-2-18(3-5-19)16-31-22-10-6-20(25)7-11-22/h2-7,10-11,17,21H,8-9,12-16H2,1H3,(H,26,29). The minimum absolute atomic E-state index is 0.0617. The lowest BCUT2D eigenvalue weighted by Crippen LogP contribution is -2.55. The molecule has 5 nitrogen and oxygen atoms in total. The molecule has 1 saturated heterocycles. The maximum atomic E-state index is 12.9. The van der Waals surface area contributed by atoms with Gasteiger partial charge in [0, 0.05) is 53.5 Å². The van der Waals surface area contributed by atoms with Crippen LogP contribution in [0.15, 0.2) is 53.4 Å². The summed E-state index contributed by atoms with van der Waals surface area (Å²) in [7, 11) is 0. The normalized spacial score (nSPS) is 17.9. The van der Waals surface area contributed by atoms with E-state index < -0.39 is 0 Å². The van der Waals surface area contributed by atoms with E-state index in [2.05, 4.69) is 10.2 Å². The molecule has 0 aromatic heterocycles. The first kappa shape index (κ1) is 22.2. The molecule has 2 aromatic rings. The predicted octanol–water partition coefficient (Wildman–Crippen LogP) is 4.06. The van der Waals surface area contributed by atoms with Gasteiger partial charge in [-0.2, -0.15) is 0 Å². The molecule has 0 bridgehead atoms. The summed E-state index contributed by atoms with van der Waals surface area (Å²) >= 11 is 7.68. The first-order valence-corrected chi connectivity index (χ1v) is 12.2. The van der Waals surface area contributed by atoms with Crippen LogP contribution < -0.4 is 5.32 Å². The number of nitrogens with one attached hydrogen (secondary N) is 1. The Labute approximate surface area is 193 Å². The number of halogens is 1. The van der Waals surface area contributed by atoms with Crippen LogP contribution in [-0.2, 0) is 10.5 Å². The van der Waals surface area contributed by atoms with Gasteiger partial charge in [-0.15, -0.1) is 11.8 Å². The van der Waals surface area contributed by atoms with Crippen molar-refractivity contribution < 1.29 is 9.59 Å². The second-order valence-corrected chi connectivity index (χ2v) is 9.71. The zero-order valence-electron chi connectivity index (χ0n) is 17.7. The van der Waals surface area contributed by atoms with Crippen molar-refractivity contribution in [1.82, 2.24) is 15.1 Å². The van der Waals surface area contributed by atoms with Gasteiger partial charge in [-0.25, -0.2) is 0 Å². The molecule has 1 aliphatic carbocycles. The summed E-state index contributed by atoms with van der Waals surface area (Å²) in [6.45, 7) is 4.69. The Morgan fingerprint density at radius 2 is 1.68 bits per heavy atom. The van der Waals surface area contributed by atoms with Gasteiger partial charge < -0.3 is 10.2 Å². The van der Waals surface area contributed by atoms with Gasteiger partial charge in [-0.05, 0) is 61.7 Å². The van der Waals surface area contributed by atoms with Gasteiger partial charge in [0.15, 0.2) is 0 Å². The van der Waals surface area contributed by atoms with E-state index in [1.54, 1.807) is 11.8 Å². The van der Waals surface area contributed by atoms with Crippen molar-refractivity contribution in [1.29, 1.82) is 0 Å². The fourth-order valence-electron chi connectivity index (χ4n) is 3.65. The van der Waals surface area contributed by atoms with Crippen LogP contribution in [0.1, 0.15) is 35.7 Å². The van der Waals surface area contributed by atoms with E-state index in [-0.39, 0.29) is 17.9 Å². The van der Waals surface area contributed by atoms with Crippen molar-refractivity contribution >= 4 is 35.2 Å². The Morgan fingerprint density at radius 1 is 1.03 bits per heavy atom. The highest BCUT2D eigenvalue weighted by molar-refractivity contribution is 7.98. The lowest BCUT2D eigenvalue weighted by atomic mass is 10.1. The Bertz CT molecular complexity index is 907. The molecule has 1 N–H and O–H groups in total. The predicted molar refractivity (Wildman–Crippen MR) is 126 cm³/mol. The van der Waals surface area contributed by atoms with Gasteiger partial charge in [-0.3, -0.25) is 14.5 Å². The summed E-state index contributed by atoms with van der Waals surface area (Å²) < 4.78 is 0. The van der Waals surface area contributed by atoms with Crippen molar-refractivity contribution in [3.8, 4) is 0 Å². The lowest BCUT2D eigenvalue weighted by molar-refractivity contribution is -0.126. The van der Waals surface area contributed by atoms with E-state index in [0.29, 0.717) is 24.7 Å². The summed E-state index contributed by atoms with van der Waals surface area (Å²) in [5.74, 6) is 1.01. The van der Waals surface area contributed by atoms with E-state index in [1.807, 2.05) is 60.4 Å². The van der Waals surface area contributed by atoms with Gasteiger partial charge >= 0.3 is 0 Å². The topological polar surface area (TPSA) is 52.7 Å². The molecule has 4 rings (SSSR count). The molecule has 31 heavy (non-hydrogen) atoms. The van der Waals surface area contributed by atoms with Gasteiger partial charge in [0.25, 0.3) is 5.91 Å². The quantitative estimate of drug-likeness (QED) is 0.637. The van der Waals surface area contributed by atoms with Gasteiger partial charge in [0.1, 0.15) is 0 Å². The van der Waals surface area contributed by atoms with Gasteiger partial charge in [0.05, 0.1) is 6.04 Å². The Kier molecular flexibility index (Phi) is 7.20. The monoisotopic (exact) mass is 457 g/mol. The molecular formula is C24H28ClN3O2S. The number of hydrogen-bond donors (Lipinski definition) is 1. The van der Waals surface area contributed by atoms with Crippen LogP contribution in [-0.4, -0.2) is 59.9 Å². The highest BCUT2D eigenvalue weighted by atomic mass is 35.5. The van der Waals surface area contributed by atoms with Crippen molar-refractivity contribution in [3.05, 3.63) is 64.7 Å². The fraction of sp³-hybridized carbons (Fsp3) is 0.417. The number of hydrogen-bond acceptors (Lipinski definition) is 4. The molecular weight excluding hydrogens is 430 g/mol. The number of piperazine rings is 1. The first-order chi connectivity index (χ1) is 15.0. The third kappa shape index (κ3) is 6.03. The summed E-state index contributed by atoms with van der Waals surface area (Å²) in [6, 6.07) is 15.9. The SMILES string of the molecule is CC(C(=O)NC1CC1)N1CCN(C(=O)c2ccc(CSc3ccc(Cl)cc3)cc2)CC1. The zero-order valence-corrected chi connectivity index (χ0v) is 19.3. The molecule has 2 fully saturated rings. The van der Waals surface area contributed by atoms with E-state index in [4.69, 9.17) is 11.6 Å². The highest BCUT2D eigenvalue weighted by Gasteiger charge is 2.31. The van der Waals surface area contributed by atoms with Crippen molar-refractivity contribution in [3.63, 3.8) is 0 Å². The van der Waals surface area contributed by atoms with Crippen LogP contribution in [0.4, 0.5) is 0 Å². The number of rotatable bonds is 7. The van der Waals surface area contributed by atoms with Crippen molar-refractivity contribution in [2.45, 2.75) is 42.5 Å². The van der Waals surface area contributed by atoms with Crippen molar-refractivity contribution in [2.75, 3.05) is 26.2 Å². The largest absolute Gasteiger partial charge is 0.352 e. The molecule has 164 valence electrons. The highest BCUT2D eigenvalue weighted by Crippen LogP contribution is 2.24. The molecule has 1 heterocycles. The average molecular weight is 458 g/mol. The molecule has 1 saturated carbocycles. The van der Waals surface area contributed by atoms with Gasteiger partial charge in [-0.1, -0.05) is 23.7 Å². The molecule has 0 spiro atoms. The third-order valence-corrected chi connectivity index (χ3v) is 7.21. The average Bonchev–Trinajstić information content (AvgIpc) is 3.62. The van der Waals surface area contributed by atoms with E-state index >= 15 is 0 Å². The minimum atomic E-state index is -0.143. The number of nitrogens with zero attached hydrogens (tertiary/aromatic N) is 2. The lowest BCUT2D eigenvalue weighted by Gasteiger charge is -2.37. The molecule has 2 aliphatic rings. The van der Waals surface area contributed by atoms with Gasteiger partial charge in [0.2, 0.25) is 5.91 Å². The van der Waals surface area contributed by atoms with Crippen LogP contribution in [0.25, 0.3) is 0 Å². The third-order valence-electron chi connectivity index (χ3n) is 5.87.